The summed E-state index contributed by atoms with van der Waals surface area (Å²) in [4.78, 5) is 0. The molecule has 0 heterocycles. The standard InChI is InChI=1S/C17H20BrNO/c1-2-14-6-3-4-7-15(14)13-19-10-11-20-17-9-5-8-16(18)12-17/h3-9,12,19H,2,10-11,13H2,1H3. The number of benzene rings is 2. The molecule has 20 heavy (non-hydrogen) atoms. The van der Waals surface area contributed by atoms with Gasteiger partial charge in [0.05, 0.1) is 0 Å². The minimum absolute atomic E-state index is 0.671. The molecule has 2 aromatic rings. The Bertz CT molecular complexity index is 542. The zero-order valence-corrected chi connectivity index (χ0v) is 13.3. The van der Waals surface area contributed by atoms with Gasteiger partial charge in [0.25, 0.3) is 0 Å². The summed E-state index contributed by atoms with van der Waals surface area (Å²) in [5, 5.41) is 3.42. The number of hydrogen-bond donors (Lipinski definition) is 1. The number of nitrogens with one attached hydrogen (secondary N) is 1. The molecule has 0 amide bonds. The van der Waals surface area contributed by atoms with Crippen molar-refractivity contribution in [2.45, 2.75) is 19.9 Å². The van der Waals surface area contributed by atoms with Crippen LogP contribution in [0.5, 0.6) is 5.75 Å². The van der Waals surface area contributed by atoms with E-state index in [9.17, 15) is 0 Å². The second-order valence-electron chi connectivity index (χ2n) is 4.60. The molecule has 0 fully saturated rings. The highest BCUT2D eigenvalue weighted by Gasteiger charge is 1.99. The second kappa shape index (κ2) is 8.08. The lowest BCUT2D eigenvalue weighted by Crippen LogP contribution is -2.21. The first-order valence-corrected chi connectivity index (χ1v) is 7.74. The number of rotatable bonds is 7. The van der Waals surface area contributed by atoms with Crippen LogP contribution in [-0.2, 0) is 13.0 Å². The minimum Gasteiger partial charge on any atom is -0.492 e. The molecule has 1 N–H and O–H groups in total. The van der Waals surface area contributed by atoms with E-state index in [0.29, 0.717) is 6.61 Å². The van der Waals surface area contributed by atoms with Gasteiger partial charge in [-0.05, 0) is 35.7 Å². The third-order valence-electron chi connectivity index (χ3n) is 3.16. The van der Waals surface area contributed by atoms with Gasteiger partial charge in [-0.1, -0.05) is 53.2 Å². The third-order valence-corrected chi connectivity index (χ3v) is 3.65. The highest BCUT2D eigenvalue weighted by atomic mass is 79.9. The van der Waals surface area contributed by atoms with Gasteiger partial charge in [0.15, 0.2) is 0 Å². The molecule has 2 aromatic carbocycles. The summed E-state index contributed by atoms with van der Waals surface area (Å²) in [6, 6.07) is 16.5. The van der Waals surface area contributed by atoms with Crippen molar-refractivity contribution >= 4 is 15.9 Å². The van der Waals surface area contributed by atoms with E-state index < -0.39 is 0 Å². The smallest absolute Gasteiger partial charge is 0.120 e. The summed E-state index contributed by atoms with van der Waals surface area (Å²) in [5.74, 6) is 0.898. The zero-order valence-electron chi connectivity index (χ0n) is 11.7. The molecule has 2 rings (SSSR count). The number of halogens is 1. The largest absolute Gasteiger partial charge is 0.492 e. The van der Waals surface area contributed by atoms with E-state index in [1.807, 2.05) is 24.3 Å². The molecule has 0 aliphatic carbocycles. The van der Waals surface area contributed by atoms with Crippen LogP contribution in [0.1, 0.15) is 18.1 Å². The summed E-state index contributed by atoms with van der Waals surface area (Å²) >= 11 is 3.44. The molecule has 0 bridgehead atoms. The van der Waals surface area contributed by atoms with Crippen molar-refractivity contribution in [3.63, 3.8) is 0 Å². The molecule has 3 heteroatoms. The van der Waals surface area contributed by atoms with Gasteiger partial charge in [0.1, 0.15) is 12.4 Å². The molecule has 0 spiro atoms. The van der Waals surface area contributed by atoms with Crippen LogP contribution in [0, 0.1) is 0 Å². The Labute approximate surface area is 129 Å². The number of ether oxygens (including phenoxy) is 1. The minimum atomic E-state index is 0.671. The summed E-state index contributed by atoms with van der Waals surface area (Å²) < 4.78 is 6.73. The van der Waals surface area contributed by atoms with E-state index >= 15 is 0 Å². The highest BCUT2D eigenvalue weighted by Crippen LogP contribution is 2.17. The van der Waals surface area contributed by atoms with E-state index in [2.05, 4.69) is 52.4 Å². The maximum Gasteiger partial charge on any atom is 0.120 e. The first-order valence-electron chi connectivity index (χ1n) is 6.95. The van der Waals surface area contributed by atoms with Crippen molar-refractivity contribution in [3.8, 4) is 5.75 Å². The molecule has 106 valence electrons. The third kappa shape index (κ3) is 4.66. The van der Waals surface area contributed by atoms with Crippen LogP contribution in [0.25, 0.3) is 0 Å². The van der Waals surface area contributed by atoms with Crippen LogP contribution < -0.4 is 10.1 Å². The molecule has 0 aliphatic rings. The first kappa shape index (κ1) is 15.1. The van der Waals surface area contributed by atoms with Crippen LogP contribution >= 0.6 is 15.9 Å². The molecule has 0 aromatic heterocycles. The Morgan fingerprint density at radius 2 is 1.85 bits per heavy atom. The van der Waals surface area contributed by atoms with Gasteiger partial charge in [-0.3, -0.25) is 0 Å². The van der Waals surface area contributed by atoms with Gasteiger partial charge in [0.2, 0.25) is 0 Å². The molecular formula is C17H20BrNO. The number of hydrogen-bond acceptors (Lipinski definition) is 2. The quantitative estimate of drug-likeness (QED) is 0.767. The average Bonchev–Trinajstić information content (AvgIpc) is 2.47. The van der Waals surface area contributed by atoms with Crippen molar-refractivity contribution in [2.24, 2.45) is 0 Å². The lowest BCUT2D eigenvalue weighted by atomic mass is 10.1. The van der Waals surface area contributed by atoms with Gasteiger partial charge in [-0.15, -0.1) is 0 Å². The van der Waals surface area contributed by atoms with Crippen LogP contribution in [0.15, 0.2) is 53.0 Å². The monoisotopic (exact) mass is 333 g/mol. The molecule has 0 atom stereocenters. The Morgan fingerprint density at radius 1 is 1.05 bits per heavy atom. The maximum absolute atomic E-state index is 5.69. The van der Waals surface area contributed by atoms with Crippen molar-refractivity contribution in [3.05, 3.63) is 64.1 Å². The fraction of sp³-hybridized carbons (Fsp3) is 0.294. The molecule has 0 radical (unpaired) electrons. The van der Waals surface area contributed by atoms with E-state index in [-0.39, 0.29) is 0 Å². The Hall–Kier alpha value is -1.32. The van der Waals surface area contributed by atoms with E-state index in [1.54, 1.807) is 0 Å². The van der Waals surface area contributed by atoms with E-state index in [0.717, 1.165) is 29.7 Å². The van der Waals surface area contributed by atoms with Crippen molar-refractivity contribution < 1.29 is 4.74 Å². The average molecular weight is 334 g/mol. The molecule has 0 aliphatic heterocycles. The van der Waals surface area contributed by atoms with Gasteiger partial charge in [-0.2, -0.15) is 0 Å². The fourth-order valence-electron chi connectivity index (χ4n) is 2.10. The lowest BCUT2D eigenvalue weighted by molar-refractivity contribution is 0.313. The zero-order chi connectivity index (χ0) is 14.2. The van der Waals surface area contributed by atoms with Crippen molar-refractivity contribution in [1.82, 2.24) is 5.32 Å². The van der Waals surface area contributed by atoms with Crippen LogP contribution in [0.2, 0.25) is 0 Å². The summed E-state index contributed by atoms with van der Waals surface area (Å²) in [6.45, 7) is 4.59. The molecular weight excluding hydrogens is 314 g/mol. The van der Waals surface area contributed by atoms with E-state index in [4.69, 9.17) is 4.74 Å². The van der Waals surface area contributed by atoms with Gasteiger partial charge in [-0.25, -0.2) is 0 Å². The molecule has 2 nitrogen and oxygen atoms in total. The molecule has 0 unspecified atom stereocenters. The number of aryl methyl sites for hydroxylation is 1. The topological polar surface area (TPSA) is 21.3 Å². The first-order chi connectivity index (χ1) is 9.79. The van der Waals surface area contributed by atoms with Crippen molar-refractivity contribution in [2.75, 3.05) is 13.2 Å². The van der Waals surface area contributed by atoms with Gasteiger partial charge >= 0.3 is 0 Å². The van der Waals surface area contributed by atoms with Gasteiger partial charge in [0, 0.05) is 17.6 Å². The summed E-state index contributed by atoms with van der Waals surface area (Å²) in [5.41, 5.74) is 2.78. The van der Waals surface area contributed by atoms with E-state index in [1.165, 1.54) is 11.1 Å². The predicted octanol–water partition coefficient (Wildman–Crippen LogP) is 4.18. The van der Waals surface area contributed by atoms with Crippen LogP contribution in [-0.4, -0.2) is 13.2 Å². The summed E-state index contributed by atoms with van der Waals surface area (Å²) in [6.07, 6.45) is 1.08. The van der Waals surface area contributed by atoms with Gasteiger partial charge < -0.3 is 10.1 Å². The van der Waals surface area contributed by atoms with Crippen LogP contribution in [0.3, 0.4) is 0 Å². The lowest BCUT2D eigenvalue weighted by Gasteiger charge is -2.10. The molecule has 0 saturated carbocycles. The Kier molecular flexibility index (Phi) is 6.09. The van der Waals surface area contributed by atoms with Crippen molar-refractivity contribution in [1.29, 1.82) is 0 Å². The second-order valence-corrected chi connectivity index (χ2v) is 5.52. The highest BCUT2D eigenvalue weighted by molar-refractivity contribution is 9.10. The SMILES string of the molecule is CCc1ccccc1CNCCOc1cccc(Br)c1. The predicted molar refractivity (Wildman–Crippen MR) is 87.2 cm³/mol. The normalized spacial score (nSPS) is 10.5. The Morgan fingerprint density at radius 3 is 2.60 bits per heavy atom. The van der Waals surface area contributed by atoms with Crippen LogP contribution in [0.4, 0.5) is 0 Å². The Balaban J connectivity index is 1.71. The summed E-state index contributed by atoms with van der Waals surface area (Å²) in [7, 11) is 0. The fourth-order valence-corrected chi connectivity index (χ4v) is 2.47. The maximum atomic E-state index is 5.69. The molecule has 0 saturated heterocycles.